The maximum absolute atomic E-state index is 11.7. The van der Waals surface area contributed by atoms with Gasteiger partial charge in [0.2, 0.25) is 0 Å². The molecule has 3 nitrogen and oxygen atoms in total. The molecule has 0 saturated heterocycles. The Morgan fingerprint density at radius 3 is 2.56 bits per heavy atom. The smallest absolute Gasteiger partial charge is 0.322 e. The molecule has 1 N–H and O–H groups in total. The lowest BCUT2D eigenvalue weighted by molar-refractivity contribution is -0.145. The molecule has 104 valence electrons. The molecule has 3 heteroatoms. The van der Waals surface area contributed by atoms with Crippen LogP contribution in [0.2, 0.25) is 0 Å². The van der Waals surface area contributed by atoms with Gasteiger partial charge in [-0.2, -0.15) is 0 Å². The van der Waals surface area contributed by atoms with E-state index < -0.39 is 0 Å². The molecule has 2 saturated carbocycles. The largest absolute Gasteiger partial charge is 0.465 e. The highest BCUT2D eigenvalue weighted by Gasteiger charge is 2.61. The molecule has 0 heterocycles. The van der Waals surface area contributed by atoms with Gasteiger partial charge in [-0.05, 0) is 49.9 Å². The van der Waals surface area contributed by atoms with Crippen LogP contribution in [0.3, 0.4) is 0 Å². The molecule has 0 aliphatic heterocycles. The number of nitrogens with one attached hydrogen (secondary N) is 1. The number of fused-ring (bicyclic) bond motifs is 2. The predicted molar refractivity (Wildman–Crippen MR) is 72.2 cm³/mol. The van der Waals surface area contributed by atoms with Crippen molar-refractivity contribution in [1.82, 2.24) is 5.32 Å². The van der Waals surface area contributed by atoms with Crippen LogP contribution < -0.4 is 5.32 Å². The van der Waals surface area contributed by atoms with Crippen LogP contribution in [-0.2, 0) is 9.53 Å². The number of carbonyl (C=O) groups excluding carboxylic acids is 1. The van der Waals surface area contributed by atoms with E-state index in [4.69, 9.17) is 4.74 Å². The highest BCUT2D eigenvalue weighted by Crippen LogP contribution is 2.65. The standard InChI is InChI=1S/C15H27NO2/c1-6-18-13(17)10(2)16-12-9-11-7-8-15(12,5)14(11,3)4/h10-12,16H,6-9H2,1-5H3. The van der Waals surface area contributed by atoms with Crippen molar-refractivity contribution >= 4 is 5.97 Å². The van der Waals surface area contributed by atoms with Crippen molar-refractivity contribution in [3.8, 4) is 0 Å². The molecule has 0 spiro atoms. The molecule has 0 aromatic carbocycles. The number of hydrogen-bond acceptors (Lipinski definition) is 3. The van der Waals surface area contributed by atoms with Gasteiger partial charge >= 0.3 is 5.97 Å². The summed E-state index contributed by atoms with van der Waals surface area (Å²) in [6.07, 6.45) is 3.82. The maximum Gasteiger partial charge on any atom is 0.322 e. The quantitative estimate of drug-likeness (QED) is 0.783. The van der Waals surface area contributed by atoms with Crippen molar-refractivity contribution in [3.05, 3.63) is 0 Å². The second kappa shape index (κ2) is 4.52. The monoisotopic (exact) mass is 253 g/mol. The fourth-order valence-corrected chi connectivity index (χ4v) is 4.09. The van der Waals surface area contributed by atoms with Crippen LogP contribution in [0.5, 0.6) is 0 Å². The second-order valence-electron chi connectivity index (χ2n) is 6.80. The van der Waals surface area contributed by atoms with Gasteiger partial charge in [-0.1, -0.05) is 20.8 Å². The Bertz CT molecular complexity index is 339. The average molecular weight is 253 g/mol. The molecule has 0 aromatic heterocycles. The van der Waals surface area contributed by atoms with Gasteiger partial charge in [-0.15, -0.1) is 0 Å². The summed E-state index contributed by atoms with van der Waals surface area (Å²) >= 11 is 0. The lowest BCUT2D eigenvalue weighted by Crippen LogP contribution is -2.50. The fourth-order valence-electron chi connectivity index (χ4n) is 4.09. The summed E-state index contributed by atoms with van der Waals surface area (Å²) in [7, 11) is 0. The zero-order chi connectivity index (χ0) is 13.6. The van der Waals surface area contributed by atoms with Gasteiger partial charge in [0.25, 0.3) is 0 Å². The summed E-state index contributed by atoms with van der Waals surface area (Å²) < 4.78 is 5.08. The fraction of sp³-hybridized carbons (Fsp3) is 0.933. The van der Waals surface area contributed by atoms with E-state index in [1.807, 2.05) is 13.8 Å². The number of ether oxygens (including phenoxy) is 1. The van der Waals surface area contributed by atoms with Crippen LogP contribution in [0, 0.1) is 16.7 Å². The van der Waals surface area contributed by atoms with Gasteiger partial charge in [0.05, 0.1) is 6.61 Å². The van der Waals surface area contributed by atoms with E-state index >= 15 is 0 Å². The Kier molecular flexibility index (Phi) is 3.48. The molecule has 18 heavy (non-hydrogen) atoms. The first-order valence-corrected chi connectivity index (χ1v) is 7.25. The van der Waals surface area contributed by atoms with Gasteiger partial charge in [0.1, 0.15) is 6.04 Å². The van der Waals surface area contributed by atoms with Crippen molar-refractivity contribution in [3.63, 3.8) is 0 Å². The first kappa shape index (κ1) is 13.9. The van der Waals surface area contributed by atoms with Gasteiger partial charge in [-0.3, -0.25) is 4.79 Å². The third-order valence-electron chi connectivity index (χ3n) is 5.89. The highest BCUT2D eigenvalue weighted by molar-refractivity contribution is 5.75. The minimum atomic E-state index is -0.193. The third-order valence-corrected chi connectivity index (χ3v) is 5.89. The summed E-state index contributed by atoms with van der Waals surface area (Å²) in [5.74, 6) is 0.677. The van der Waals surface area contributed by atoms with Crippen LogP contribution >= 0.6 is 0 Å². The SMILES string of the molecule is CCOC(=O)C(C)NC1CC2CCC1(C)C2(C)C. The zero-order valence-corrected chi connectivity index (χ0v) is 12.4. The molecule has 2 bridgehead atoms. The molecule has 2 fully saturated rings. The zero-order valence-electron chi connectivity index (χ0n) is 12.4. The van der Waals surface area contributed by atoms with E-state index in [9.17, 15) is 4.79 Å². The van der Waals surface area contributed by atoms with Crippen molar-refractivity contribution in [2.45, 2.75) is 66.0 Å². The van der Waals surface area contributed by atoms with Crippen LogP contribution in [0.15, 0.2) is 0 Å². The van der Waals surface area contributed by atoms with Crippen LogP contribution in [-0.4, -0.2) is 24.7 Å². The molecule has 2 aliphatic carbocycles. The number of rotatable bonds is 4. The normalized spacial score (nSPS) is 38.7. The topological polar surface area (TPSA) is 38.3 Å². The predicted octanol–water partition coefficient (Wildman–Crippen LogP) is 2.74. The summed E-state index contributed by atoms with van der Waals surface area (Å²) in [6, 6.07) is 0.257. The Hall–Kier alpha value is -0.570. The van der Waals surface area contributed by atoms with Gasteiger partial charge in [0, 0.05) is 6.04 Å². The molecule has 0 amide bonds. The Balaban J connectivity index is 2.02. The Morgan fingerprint density at radius 2 is 2.11 bits per heavy atom. The van der Waals surface area contributed by atoms with Gasteiger partial charge < -0.3 is 10.1 Å². The van der Waals surface area contributed by atoms with E-state index in [2.05, 4.69) is 26.1 Å². The number of hydrogen-bond donors (Lipinski definition) is 1. The highest BCUT2D eigenvalue weighted by atomic mass is 16.5. The van der Waals surface area contributed by atoms with Crippen molar-refractivity contribution in [2.24, 2.45) is 16.7 Å². The minimum Gasteiger partial charge on any atom is -0.465 e. The van der Waals surface area contributed by atoms with E-state index in [0.717, 1.165) is 5.92 Å². The molecule has 4 atom stereocenters. The summed E-state index contributed by atoms with van der Waals surface area (Å²) in [6.45, 7) is 11.4. The van der Waals surface area contributed by atoms with E-state index in [1.54, 1.807) is 0 Å². The minimum absolute atomic E-state index is 0.123. The molecular weight excluding hydrogens is 226 g/mol. The third kappa shape index (κ3) is 1.87. The van der Waals surface area contributed by atoms with Crippen molar-refractivity contribution in [2.75, 3.05) is 6.61 Å². The Morgan fingerprint density at radius 1 is 1.44 bits per heavy atom. The number of esters is 1. The van der Waals surface area contributed by atoms with Crippen molar-refractivity contribution < 1.29 is 9.53 Å². The van der Waals surface area contributed by atoms with E-state index in [0.29, 0.717) is 23.5 Å². The summed E-state index contributed by atoms with van der Waals surface area (Å²) in [5, 5.41) is 3.52. The average Bonchev–Trinajstić information content (AvgIpc) is 2.62. The van der Waals surface area contributed by atoms with Gasteiger partial charge in [-0.25, -0.2) is 0 Å². The van der Waals surface area contributed by atoms with Crippen LogP contribution in [0.1, 0.15) is 53.9 Å². The summed E-state index contributed by atoms with van der Waals surface area (Å²) in [5.41, 5.74) is 0.706. The summed E-state index contributed by atoms with van der Waals surface area (Å²) in [4.78, 5) is 11.7. The second-order valence-corrected chi connectivity index (χ2v) is 6.80. The van der Waals surface area contributed by atoms with Crippen LogP contribution in [0.4, 0.5) is 0 Å². The molecule has 0 radical (unpaired) electrons. The first-order chi connectivity index (χ1) is 8.33. The maximum atomic E-state index is 11.7. The first-order valence-electron chi connectivity index (χ1n) is 7.25. The lowest BCUT2D eigenvalue weighted by Gasteiger charge is -2.40. The molecule has 2 rings (SSSR count). The van der Waals surface area contributed by atoms with E-state index in [1.165, 1.54) is 19.3 Å². The van der Waals surface area contributed by atoms with Gasteiger partial charge in [0.15, 0.2) is 0 Å². The Labute approximate surface area is 111 Å². The van der Waals surface area contributed by atoms with Crippen molar-refractivity contribution in [1.29, 1.82) is 0 Å². The molecule has 0 aromatic rings. The van der Waals surface area contributed by atoms with E-state index in [-0.39, 0.29) is 12.0 Å². The molecular formula is C15H27NO2. The van der Waals surface area contributed by atoms with Crippen LogP contribution in [0.25, 0.3) is 0 Å². The molecule has 2 aliphatic rings. The lowest BCUT2D eigenvalue weighted by atomic mass is 9.69. The molecule has 4 unspecified atom stereocenters. The number of carbonyl (C=O) groups is 1.